The summed E-state index contributed by atoms with van der Waals surface area (Å²) in [5, 5.41) is 3.16. The number of hydrogen-bond acceptors (Lipinski definition) is 3. The first-order valence-corrected chi connectivity index (χ1v) is 3.97. The number of hydroxylamine groups is 1. The van der Waals surface area contributed by atoms with Crippen molar-refractivity contribution in [3.63, 3.8) is 0 Å². The zero-order valence-electron chi connectivity index (χ0n) is 6.94. The molecule has 62 valence electrons. The molecule has 0 aliphatic carbocycles. The number of rotatable bonds is 7. The summed E-state index contributed by atoms with van der Waals surface area (Å²) in [5.41, 5.74) is 2.85. The molecule has 0 bridgehead atoms. The van der Waals surface area contributed by atoms with Crippen LogP contribution in [0.25, 0.3) is 0 Å². The molecule has 0 aliphatic rings. The Morgan fingerprint density at radius 3 is 2.60 bits per heavy atom. The highest BCUT2D eigenvalue weighted by atomic mass is 16.6. The molecule has 2 N–H and O–H groups in total. The van der Waals surface area contributed by atoms with Gasteiger partial charge in [-0.2, -0.15) is 0 Å². The third-order valence-electron chi connectivity index (χ3n) is 1.09. The SMILES string of the molecule is CCCNOCCNCC. The maximum absolute atomic E-state index is 5.06. The standard InChI is InChI=1S/C7H18N2O/c1-3-5-9-10-7-6-8-4-2/h8-9H,3-7H2,1-2H3. The largest absolute Gasteiger partial charge is 0.315 e. The summed E-state index contributed by atoms with van der Waals surface area (Å²) in [6.07, 6.45) is 1.11. The molecule has 0 rings (SSSR count). The molecule has 10 heavy (non-hydrogen) atoms. The molecule has 0 fully saturated rings. The molecule has 0 saturated carbocycles. The summed E-state index contributed by atoms with van der Waals surface area (Å²) >= 11 is 0. The first-order chi connectivity index (χ1) is 4.91. The maximum atomic E-state index is 5.06. The molecular weight excluding hydrogens is 128 g/mol. The van der Waals surface area contributed by atoms with E-state index in [1.807, 2.05) is 0 Å². The molecule has 0 amide bonds. The third-order valence-corrected chi connectivity index (χ3v) is 1.09. The zero-order chi connectivity index (χ0) is 7.66. The summed E-state index contributed by atoms with van der Waals surface area (Å²) in [7, 11) is 0. The average Bonchev–Trinajstić information content (AvgIpc) is 1.97. The molecule has 0 saturated heterocycles. The van der Waals surface area contributed by atoms with Gasteiger partial charge in [0.15, 0.2) is 0 Å². The van der Waals surface area contributed by atoms with Crippen LogP contribution in [0, 0.1) is 0 Å². The van der Waals surface area contributed by atoms with Crippen LogP contribution in [0.1, 0.15) is 20.3 Å². The Bertz CT molecular complexity index is 51.6. The molecule has 0 aromatic carbocycles. The fourth-order valence-corrected chi connectivity index (χ4v) is 0.546. The van der Waals surface area contributed by atoms with Crippen molar-refractivity contribution < 1.29 is 4.84 Å². The van der Waals surface area contributed by atoms with E-state index in [0.29, 0.717) is 0 Å². The minimum Gasteiger partial charge on any atom is -0.315 e. The Labute approximate surface area is 63.1 Å². The predicted molar refractivity (Wildman–Crippen MR) is 42.8 cm³/mol. The highest BCUT2D eigenvalue weighted by molar-refractivity contribution is 4.38. The Hall–Kier alpha value is -0.120. The summed E-state index contributed by atoms with van der Waals surface area (Å²) in [4.78, 5) is 5.06. The Morgan fingerprint density at radius 1 is 1.20 bits per heavy atom. The van der Waals surface area contributed by atoms with E-state index in [0.717, 1.165) is 32.7 Å². The zero-order valence-corrected chi connectivity index (χ0v) is 6.94. The van der Waals surface area contributed by atoms with E-state index in [1.54, 1.807) is 0 Å². The first kappa shape index (κ1) is 9.88. The highest BCUT2D eigenvalue weighted by Crippen LogP contribution is 1.70. The number of hydrogen-bond donors (Lipinski definition) is 2. The first-order valence-electron chi connectivity index (χ1n) is 3.97. The molecule has 3 nitrogen and oxygen atoms in total. The van der Waals surface area contributed by atoms with Crippen LogP contribution < -0.4 is 10.8 Å². The van der Waals surface area contributed by atoms with Crippen molar-refractivity contribution in [3.8, 4) is 0 Å². The fourth-order valence-electron chi connectivity index (χ4n) is 0.546. The fraction of sp³-hybridized carbons (Fsp3) is 1.00. The second-order valence-electron chi connectivity index (χ2n) is 2.10. The summed E-state index contributed by atoms with van der Waals surface area (Å²) in [6.45, 7) is 7.81. The van der Waals surface area contributed by atoms with Gasteiger partial charge in [0.25, 0.3) is 0 Å². The smallest absolute Gasteiger partial charge is 0.0806 e. The van der Waals surface area contributed by atoms with Crippen LogP contribution in [-0.4, -0.2) is 26.2 Å². The van der Waals surface area contributed by atoms with Gasteiger partial charge in [0, 0.05) is 13.1 Å². The van der Waals surface area contributed by atoms with Crippen LogP contribution in [0.3, 0.4) is 0 Å². The van der Waals surface area contributed by atoms with Gasteiger partial charge >= 0.3 is 0 Å². The van der Waals surface area contributed by atoms with Crippen molar-refractivity contribution in [2.45, 2.75) is 20.3 Å². The molecule has 0 unspecified atom stereocenters. The molecule has 0 atom stereocenters. The van der Waals surface area contributed by atoms with Crippen LogP contribution in [0.15, 0.2) is 0 Å². The Balaban J connectivity index is 2.65. The lowest BCUT2D eigenvalue weighted by Crippen LogP contribution is -2.24. The van der Waals surface area contributed by atoms with Crippen molar-refractivity contribution in [2.24, 2.45) is 0 Å². The van der Waals surface area contributed by atoms with E-state index in [1.165, 1.54) is 0 Å². The highest BCUT2D eigenvalue weighted by Gasteiger charge is 1.83. The number of likely N-dealkylation sites (N-methyl/N-ethyl adjacent to an activating group) is 1. The van der Waals surface area contributed by atoms with Crippen LogP contribution in [0.5, 0.6) is 0 Å². The molecule has 0 aromatic heterocycles. The second kappa shape index (κ2) is 8.88. The second-order valence-corrected chi connectivity index (χ2v) is 2.10. The topological polar surface area (TPSA) is 33.3 Å². The van der Waals surface area contributed by atoms with Crippen molar-refractivity contribution in [2.75, 3.05) is 26.2 Å². The molecule has 0 heterocycles. The van der Waals surface area contributed by atoms with Crippen LogP contribution in [0.4, 0.5) is 0 Å². The molecule has 3 heteroatoms. The van der Waals surface area contributed by atoms with Gasteiger partial charge in [0.05, 0.1) is 6.61 Å². The van der Waals surface area contributed by atoms with E-state index < -0.39 is 0 Å². The molecular formula is C7H18N2O. The summed E-state index contributed by atoms with van der Waals surface area (Å²) < 4.78 is 0. The lowest BCUT2D eigenvalue weighted by Gasteiger charge is -2.03. The van der Waals surface area contributed by atoms with E-state index in [-0.39, 0.29) is 0 Å². The third kappa shape index (κ3) is 7.88. The summed E-state index contributed by atoms with van der Waals surface area (Å²) in [5.74, 6) is 0. The van der Waals surface area contributed by atoms with Gasteiger partial charge in [-0.25, -0.2) is 5.48 Å². The van der Waals surface area contributed by atoms with Crippen LogP contribution >= 0.6 is 0 Å². The van der Waals surface area contributed by atoms with Gasteiger partial charge in [-0.1, -0.05) is 13.8 Å². The van der Waals surface area contributed by atoms with E-state index in [4.69, 9.17) is 4.84 Å². The molecule has 0 spiro atoms. The van der Waals surface area contributed by atoms with Gasteiger partial charge < -0.3 is 10.2 Å². The lowest BCUT2D eigenvalue weighted by atomic mass is 10.5. The molecule has 0 radical (unpaired) electrons. The minimum absolute atomic E-state index is 0.744. The van der Waals surface area contributed by atoms with Gasteiger partial charge in [0.1, 0.15) is 0 Å². The van der Waals surface area contributed by atoms with Crippen molar-refractivity contribution in [1.82, 2.24) is 10.8 Å². The van der Waals surface area contributed by atoms with E-state index >= 15 is 0 Å². The summed E-state index contributed by atoms with van der Waals surface area (Å²) in [6, 6.07) is 0. The minimum atomic E-state index is 0.744. The van der Waals surface area contributed by atoms with Gasteiger partial charge in [-0.3, -0.25) is 0 Å². The average molecular weight is 146 g/mol. The van der Waals surface area contributed by atoms with Crippen LogP contribution in [-0.2, 0) is 4.84 Å². The Morgan fingerprint density at radius 2 is 2.00 bits per heavy atom. The van der Waals surface area contributed by atoms with E-state index in [9.17, 15) is 0 Å². The maximum Gasteiger partial charge on any atom is 0.0806 e. The van der Waals surface area contributed by atoms with Crippen molar-refractivity contribution in [1.29, 1.82) is 0 Å². The lowest BCUT2D eigenvalue weighted by molar-refractivity contribution is 0.0437. The normalized spacial score (nSPS) is 10.2. The van der Waals surface area contributed by atoms with Crippen LogP contribution in [0.2, 0.25) is 0 Å². The quantitative estimate of drug-likeness (QED) is 0.406. The van der Waals surface area contributed by atoms with E-state index in [2.05, 4.69) is 24.6 Å². The van der Waals surface area contributed by atoms with Crippen molar-refractivity contribution in [3.05, 3.63) is 0 Å². The van der Waals surface area contributed by atoms with Crippen molar-refractivity contribution >= 4 is 0 Å². The predicted octanol–water partition coefficient (Wildman–Crippen LogP) is 0.527. The molecule has 0 aromatic rings. The van der Waals surface area contributed by atoms with Gasteiger partial charge in [-0.15, -0.1) is 0 Å². The van der Waals surface area contributed by atoms with Gasteiger partial charge in [-0.05, 0) is 13.0 Å². The van der Waals surface area contributed by atoms with Gasteiger partial charge in [0.2, 0.25) is 0 Å². The Kier molecular flexibility index (Phi) is 8.77. The molecule has 0 aliphatic heterocycles. The number of nitrogens with one attached hydrogen (secondary N) is 2. The monoisotopic (exact) mass is 146 g/mol.